The fourth-order valence-electron chi connectivity index (χ4n) is 4.48. The number of nitrogens with zero attached hydrogens (tertiary/aromatic N) is 5. The molecular weight excluding hydrogens is 551 g/mol. The summed E-state index contributed by atoms with van der Waals surface area (Å²) in [6.07, 6.45) is 1.40. The molecule has 40 heavy (non-hydrogen) atoms. The Balaban J connectivity index is 1.83. The molecule has 9 nitrogen and oxygen atoms in total. The van der Waals surface area contributed by atoms with Gasteiger partial charge in [-0.3, -0.25) is 18.6 Å². The minimum absolute atomic E-state index is 0.000674. The highest BCUT2D eigenvalue weighted by atomic mass is 35.5. The average Bonchev–Trinajstić information content (AvgIpc) is 3.35. The van der Waals surface area contributed by atoms with E-state index in [1.54, 1.807) is 31.3 Å². The number of aliphatic hydroxyl groups excluding tert-OH is 1. The number of hydrogen-bond donors (Lipinski definition) is 1. The lowest BCUT2D eigenvalue weighted by molar-refractivity contribution is 0.282. The molecule has 0 amide bonds. The number of aliphatic hydroxyl groups is 1. The van der Waals surface area contributed by atoms with Gasteiger partial charge >= 0.3 is 5.69 Å². The lowest BCUT2D eigenvalue weighted by atomic mass is 10.0. The van der Waals surface area contributed by atoms with E-state index in [4.69, 9.17) is 16.3 Å². The molecule has 0 aliphatic heterocycles. The highest BCUT2D eigenvalue weighted by molar-refractivity contribution is 6.33. The Hall–Kier alpha value is -4.42. The van der Waals surface area contributed by atoms with Gasteiger partial charge in [0.05, 0.1) is 32.3 Å². The summed E-state index contributed by atoms with van der Waals surface area (Å²) >= 11 is 6.44. The van der Waals surface area contributed by atoms with Crippen LogP contribution in [-0.4, -0.2) is 36.1 Å². The smallest absolute Gasteiger partial charge is 0.332 e. The summed E-state index contributed by atoms with van der Waals surface area (Å²) in [5.74, 6) is -4.23. The third-order valence-corrected chi connectivity index (χ3v) is 6.70. The van der Waals surface area contributed by atoms with Crippen LogP contribution < -0.4 is 16.0 Å². The number of benzene rings is 3. The zero-order valence-electron chi connectivity index (χ0n) is 21.2. The molecule has 2 aromatic heterocycles. The lowest BCUT2D eigenvalue weighted by Gasteiger charge is -2.17. The van der Waals surface area contributed by atoms with Gasteiger partial charge in [-0.15, -0.1) is 0 Å². The van der Waals surface area contributed by atoms with Crippen LogP contribution in [0.2, 0.25) is 5.02 Å². The summed E-state index contributed by atoms with van der Waals surface area (Å²) in [5.41, 5.74) is -0.0449. The molecule has 2 heterocycles. The van der Waals surface area contributed by atoms with Gasteiger partial charge in [0.1, 0.15) is 17.5 Å². The van der Waals surface area contributed by atoms with Crippen molar-refractivity contribution >= 4 is 22.5 Å². The van der Waals surface area contributed by atoms with Crippen molar-refractivity contribution in [3.63, 3.8) is 0 Å². The Labute approximate surface area is 229 Å². The Morgan fingerprint density at radius 2 is 1.70 bits per heavy atom. The first kappa shape index (κ1) is 27.2. The van der Waals surface area contributed by atoms with Crippen LogP contribution in [-0.2, 0) is 26.7 Å². The second-order valence-electron chi connectivity index (χ2n) is 9.01. The number of aryl methyl sites for hydroxylation is 1. The number of aromatic nitrogens is 5. The summed E-state index contributed by atoms with van der Waals surface area (Å²) in [6, 6.07) is 9.49. The highest BCUT2D eigenvalue weighted by Gasteiger charge is 2.21. The minimum atomic E-state index is -1.64. The Kier molecular flexibility index (Phi) is 7.21. The van der Waals surface area contributed by atoms with E-state index in [1.807, 2.05) is 0 Å². The van der Waals surface area contributed by atoms with Gasteiger partial charge in [-0.25, -0.2) is 22.9 Å². The molecule has 206 valence electrons. The average molecular weight is 572 g/mol. The first-order valence-corrected chi connectivity index (χ1v) is 12.2. The zero-order chi connectivity index (χ0) is 28.7. The topological polar surface area (TPSA) is 104 Å². The SMILES string of the molecule is COc1cc(-c2cc(CO)ccc2Cl)cc2c1c(=O)n(Cc1ncn(C)n1)c(=O)n2Cc1cc(F)c(F)c(F)c1. The molecule has 0 fully saturated rings. The van der Waals surface area contributed by atoms with Crippen molar-refractivity contribution in [1.29, 1.82) is 0 Å². The molecule has 0 spiro atoms. The molecule has 0 saturated heterocycles. The van der Waals surface area contributed by atoms with Gasteiger partial charge in [0.25, 0.3) is 5.56 Å². The van der Waals surface area contributed by atoms with Crippen molar-refractivity contribution in [3.8, 4) is 16.9 Å². The predicted octanol–water partition coefficient (Wildman–Crippen LogP) is 3.63. The van der Waals surface area contributed by atoms with Crippen molar-refractivity contribution in [2.45, 2.75) is 19.7 Å². The molecule has 0 atom stereocenters. The maximum Gasteiger partial charge on any atom is 0.332 e. The third kappa shape index (κ3) is 4.87. The van der Waals surface area contributed by atoms with Gasteiger partial charge < -0.3 is 9.84 Å². The summed E-state index contributed by atoms with van der Waals surface area (Å²) in [7, 11) is 2.96. The van der Waals surface area contributed by atoms with Gasteiger partial charge in [-0.2, -0.15) is 5.10 Å². The number of rotatable bonds is 7. The number of halogens is 4. The van der Waals surface area contributed by atoms with E-state index in [1.165, 1.54) is 24.2 Å². The molecule has 0 aliphatic carbocycles. The molecule has 13 heteroatoms. The van der Waals surface area contributed by atoms with Gasteiger partial charge in [-0.05, 0) is 53.1 Å². The molecule has 0 radical (unpaired) electrons. The number of fused-ring (bicyclic) bond motifs is 1. The van der Waals surface area contributed by atoms with Crippen molar-refractivity contribution in [3.05, 3.63) is 109 Å². The van der Waals surface area contributed by atoms with Crippen LogP contribution in [0.4, 0.5) is 13.2 Å². The highest BCUT2D eigenvalue weighted by Crippen LogP contribution is 2.35. The second-order valence-corrected chi connectivity index (χ2v) is 9.42. The maximum absolute atomic E-state index is 14.1. The van der Waals surface area contributed by atoms with E-state index in [2.05, 4.69) is 10.1 Å². The summed E-state index contributed by atoms with van der Waals surface area (Å²) in [5, 5.41) is 14.1. The Bertz CT molecular complexity index is 1880. The summed E-state index contributed by atoms with van der Waals surface area (Å²) < 4.78 is 50.8. The normalized spacial score (nSPS) is 11.4. The van der Waals surface area contributed by atoms with Gasteiger partial charge in [0, 0.05) is 17.6 Å². The minimum Gasteiger partial charge on any atom is -0.496 e. The monoisotopic (exact) mass is 571 g/mol. The fraction of sp³-hybridized carbons (Fsp3) is 0.185. The molecule has 1 N–H and O–H groups in total. The Morgan fingerprint density at radius 1 is 0.975 bits per heavy atom. The van der Waals surface area contributed by atoms with Crippen molar-refractivity contribution in [1.82, 2.24) is 23.9 Å². The van der Waals surface area contributed by atoms with E-state index in [0.29, 0.717) is 21.7 Å². The molecule has 5 aromatic rings. The largest absolute Gasteiger partial charge is 0.496 e. The van der Waals surface area contributed by atoms with Crippen LogP contribution in [0.5, 0.6) is 5.75 Å². The van der Waals surface area contributed by atoms with Crippen molar-refractivity contribution in [2.24, 2.45) is 7.05 Å². The van der Waals surface area contributed by atoms with E-state index in [-0.39, 0.29) is 41.2 Å². The van der Waals surface area contributed by atoms with Gasteiger partial charge in [0.15, 0.2) is 23.3 Å². The van der Waals surface area contributed by atoms with Crippen LogP contribution in [0.1, 0.15) is 17.0 Å². The molecule has 3 aromatic carbocycles. The van der Waals surface area contributed by atoms with E-state index in [9.17, 15) is 27.9 Å². The number of hydrogen-bond acceptors (Lipinski definition) is 6. The van der Waals surface area contributed by atoms with Gasteiger partial charge in [0.2, 0.25) is 0 Å². The molecule has 0 unspecified atom stereocenters. The second kappa shape index (κ2) is 10.6. The zero-order valence-corrected chi connectivity index (χ0v) is 21.9. The standard InChI is InChI=1S/C27H21ClF3N5O4/c1-34-13-32-23(33-34)11-36-26(38)24-21(35(27(36)39)10-15-6-19(29)25(31)20(30)7-15)8-16(9-22(24)40-2)17-5-14(12-37)3-4-18(17)28/h3-9,13,37H,10-12H2,1-2H3. The van der Waals surface area contributed by atoms with Crippen molar-refractivity contribution in [2.75, 3.05) is 7.11 Å². The van der Waals surface area contributed by atoms with Crippen LogP contribution in [0.3, 0.4) is 0 Å². The van der Waals surface area contributed by atoms with E-state index < -0.39 is 35.2 Å². The number of ether oxygens (including phenoxy) is 1. The summed E-state index contributed by atoms with van der Waals surface area (Å²) in [6.45, 7) is -0.972. The molecule has 5 rings (SSSR count). The van der Waals surface area contributed by atoms with E-state index in [0.717, 1.165) is 21.3 Å². The van der Waals surface area contributed by atoms with Crippen LogP contribution >= 0.6 is 11.6 Å². The van der Waals surface area contributed by atoms with E-state index >= 15 is 0 Å². The lowest BCUT2D eigenvalue weighted by Crippen LogP contribution is -2.41. The summed E-state index contributed by atoms with van der Waals surface area (Å²) in [4.78, 5) is 31.5. The van der Waals surface area contributed by atoms with Crippen molar-refractivity contribution < 1.29 is 23.0 Å². The predicted molar refractivity (Wildman–Crippen MR) is 141 cm³/mol. The first-order chi connectivity index (χ1) is 19.1. The Morgan fingerprint density at radius 3 is 2.33 bits per heavy atom. The number of methoxy groups -OCH3 is 1. The quantitative estimate of drug-likeness (QED) is 0.299. The molecule has 0 saturated carbocycles. The third-order valence-electron chi connectivity index (χ3n) is 6.37. The first-order valence-electron chi connectivity index (χ1n) is 11.8. The van der Waals surface area contributed by atoms with Crippen LogP contribution in [0.25, 0.3) is 22.0 Å². The molecule has 0 aliphatic rings. The maximum atomic E-state index is 14.1. The molecular formula is C27H21ClF3N5O4. The van der Waals surface area contributed by atoms with Crippen LogP contribution in [0.15, 0.2) is 58.4 Å². The molecule has 0 bridgehead atoms. The van der Waals surface area contributed by atoms with Crippen LogP contribution in [0, 0.1) is 17.5 Å². The van der Waals surface area contributed by atoms with Gasteiger partial charge in [-0.1, -0.05) is 17.7 Å². The fourth-order valence-corrected chi connectivity index (χ4v) is 4.71.